The average molecular weight is 239 g/mol. The summed E-state index contributed by atoms with van der Waals surface area (Å²) in [5.41, 5.74) is -0.345. The minimum absolute atomic E-state index is 0.117. The van der Waals surface area contributed by atoms with Crippen LogP contribution in [0.1, 0.15) is 67.2 Å². The number of carbonyl (C=O) groups is 1. The SMILES string of the molecule is CC(C)C(C)(C)NC(=O)C(C)(C)CCC1CC1. The fraction of sp³-hybridized carbons (Fsp3) is 0.933. The Balaban J connectivity index is 2.48. The molecule has 0 radical (unpaired) electrons. The first-order valence-electron chi connectivity index (χ1n) is 6.98. The molecule has 1 aliphatic rings. The lowest BCUT2D eigenvalue weighted by Gasteiger charge is -2.35. The van der Waals surface area contributed by atoms with E-state index >= 15 is 0 Å². The van der Waals surface area contributed by atoms with E-state index in [2.05, 4.69) is 46.9 Å². The standard InChI is InChI=1S/C15H29NO/c1-11(2)15(5,6)16-13(17)14(3,4)10-9-12-7-8-12/h11-12H,7-10H2,1-6H3,(H,16,17). The van der Waals surface area contributed by atoms with Crippen molar-refractivity contribution in [3.63, 3.8) is 0 Å². The molecular weight excluding hydrogens is 210 g/mol. The normalized spacial score (nSPS) is 17.4. The quantitative estimate of drug-likeness (QED) is 0.751. The molecule has 100 valence electrons. The minimum Gasteiger partial charge on any atom is -0.351 e. The molecule has 0 unspecified atom stereocenters. The molecule has 1 aliphatic carbocycles. The lowest BCUT2D eigenvalue weighted by molar-refractivity contribution is -0.132. The van der Waals surface area contributed by atoms with E-state index in [4.69, 9.17) is 0 Å². The predicted octanol–water partition coefficient (Wildman–Crippen LogP) is 3.75. The van der Waals surface area contributed by atoms with Crippen molar-refractivity contribution in [1.82, 2.24) is 5.32 Å². The van der Waals surface area contributed by atoms with Crippen molar-refractivity contribution in [2.75, 3.05) is 0 Å². The Morgan fingerprint density at radius 2 is 1.76 bits per heavy atom. The van der Waals surface area contributed by atoms with Gasteiger partial charge in [-0.1, -0.05) is 40.5 Å². The molecule has 1 N–H and O–H groups in total. The van der Waals surface area contributed by atoms with Crippen molar-refractivity contribution in [3.05, 3.63) is 0 Å². The van der Waals surface area contributed by atoms with Gasteiger partial charge in [0.25, 0.3) is 0 Å². The summed E-state index contributed by atoms with van der Waals surface area (Å²) in [5, 5.41) is 3.20. The molecule has 2 nitrogen and oxygen atoms in total. The highest BCUT2D eigenvalue weighted by atomic mass is 16.2. The monoisotopic (exact) mass is 239 g/mol. The van der Waals surface area contributed by atoms with Crippen LogP contribution in [0.15, 0.2) is 0 Å². The third-order valence-corrected chi connectivity index (χ3v) is 4.37. The van der Waals surface area contributed by atoms with Crippen molar-refractivity contribution in [2.45, 2.75) is 72.8 Å². The molecule has 0 atom stereocenters. The van der Waals surface area contributed by atoms with Crippen LogP contribution in [0.3, 0.4) is 0 Å². The average Bonchev–Trinajstić information content (AvgIpc) is 2.97. The van der Waals surface area contributed by atoms with E-state index in [0.717, 1.165) is 12.3 Å². The van der Waals surface area contributed by atoms with Gasteiger partial charge in [-0.3, -0.25) is 4.79 Å². The molecule has 0 aliphatic heterocycles. The third-order valence-electron chi connectivity index (χ3n) is 4.37. The first-order chi connectivity index (χ1) is 7.65. The van der Waals surface area contributed by atoms with E-state index in [9.17, 15) is 4.79 Å². The highest BCUT2D eigenvalue weighted by Gasteiger charge is 2.34. The van der Waals surface area contributed by atoms with Crippen LogP contribution in [0.5, 0.6) is 0 Å². The summed E-state index contributed by atoms with van der Waals surface area (Å²) in [6.07, 6.45) is 4.96. The second-order valence-corrected chi connectivity index (χ2v) is 7.20. The smallest absolute Gasteiger partial charge is 0.226 e. The molecule has 0 aromatic heterocycles. The summed E-state index contributed by atoms with van der Waals surface area (Å²) in [4.78, 5) is 12.3. The van der Waals surface area contributed by atoms with Crippen molar-refractivity contribution >= 4 is 5.91 Å². The van der Waals surface area contributed by atoms with Crippen LogP contribution in [-0.2, 0) is 4.79 Å². The Morgan fingerprint density at radius 3 is 2.18 bits per heavy atom. The van der Waals surface area contributed by atoms with Gasteiger partial charge in [-0.15, -0.1) is 0 Å². The van der Waals surface area contributed by atoms with E-state index in [0.29, 0.717) is 5.92 Å². The van der Waals surface area contributed by atoms with Crippen LogP contribution in [0.25, 0.3) is 0 Å². The second kappa shape index (κ2) is 4.99. The van der Waals surface area contributed by atoms with E-state index in [1.165, 1.54) is 19.3 Å². The van der Waals surface area contributed by atoms with Gasteiger partial charge >= 0.3 is 0 Å². The molecule has 0 heterocycles. The fourth-order valence-corrected chi connectivity index (χ4v) is 1.69. The minimum atomic E-state index is -0.227. The molecule has 0 aromatic rings. The molecular formula is C15H29NO. The molecule has 0 bridgehead atoms. The molecule has 0 spiro atoms. The first-order valence-corrected chi connectivity index (χ1v) is 6.98. The molecule has 0 aromatic carbocycles. The van der Waals surface area contributed by atoms with Gasteiger partial charge in [0.2, 0.25) is 5.91 Å². The van der Waals surface area contributed by atoms with Gasteiger partial charge in [0, 0.05) is 11.0 Å². The van der Waals surface area contributed by atoms with E-state index < -0.39 is 0 Å². The molecule has 1 amide bonds. The Kier molecular flexibility index (Phi) is 4.27. The van der Waals surface area contributed by atoms with Gasteiger partial charge in [0.1, 0.15) is 0 Å². The molecule has 1 rings (SSSR count). The number of rotatable bonds is 6. The van der Waals surface area contributed by atoms with Crippen molar-refractivity contribution < 1.29 is 4.79 Å². The molecule has 1 fully saturated rings. The van der Waals surface area contributed by atoms with Gasteiger partial charge in [-0.05, 0) is 38.5 Å². The predicted molar refractivity (Wildman–Crippen MR) is 72.8 cm³/mol. The third kappa shape index (κ3) is 4.33. The Morgan fingerprint density at radius 1 is 1.24 bits per heavy atom. The second-order valence-electron chi connectivity index (χ2n) is 7.20. The Hall–Kier alpha value is -0.530. The zero-order chi connectivity index (χ0) is 13.3. The summed E-state index contributed by atoms with van der Waals surface area (Å²) >= 11 is 0. The number of carbonyl (C=O) groups excluding carboxylic acids is 1. The zero-order valence-corrected chi connectivity index (χ0v) is 12.4. The Labute approximate surface area is 107 Å². The van der Waals surface area contributed by atoms with Crippen LogP contribution < -0.4 is 5.32 Å². The summed E-state index contributed by atoms with van der Waals surface area (Å²) in [7, 11) is 0. The van der Waals surface area contributed by atoms with Gasteiger partial charge in [0.05, 0.1) is 0 Å². The Bertz CT molecular complexity index is 275. The van der Waals surface area contributed by atoms with Gasteiger partial charge in [-0.2, -0.15) is 0 Å². The van der Waals surface area contributed by atoms with Crippen LogP contribution in [0, 0.1) is 17.3 Å². The van der Waals surface area contributed by atoms with E-state index in [-0.39, 0.29) is 16.9 Å². The van der Waals surface area contributed by atoms with E-state index in [1.54, 1.807) is 0 Å². The highest BCUT2D eigenvalue weighted by Crippen LogP contribution is 2.37. The fourth-order valence-electron chi connectivity index (χ4n) is 1.69. The summed E-state index contributed by atoms with van der Waals surface area (Å²) in [5.74, 6) is 1.56. The maximum atomic E-state index is 12.3. The first kappa shape index (κ1) is 14.5. The number of nitrogens with one attached hydrogen (secondary N) is 1. The van der Waals surface area contributed by atoms with Crippen molar-refractivity contribution in [1.29, 1.82) is 0 Å². The molecule has 1 saturated carbocycles. The maximum absolute atomic E-state index is 12.3. The summed E-state index contributed by atoms with van der Waals surface area (Å²) in [6, 6.07) is 0. The van der Waals surface area contributed by atoms with Crippen LogP contribution in [0.4, 0.5) is 0 Å². The lowest BCUT2D eigenvalue weighted by atomic mass is 9.83. The van der Waals surface area contributed by atoms with Crippen LogP contribution in [-0.4, -0.2) is 11.4 Å². The highest BCUT2D eigenvalue weighted by molar-refractivity contribution is 5.82. The maximum Gasteiger partial charge on any atom is 0.226 e. The van der Waals surface area contributed by atoms with Crippen LogP contribution in [0.2, 0.25) is 0 Å². The van der Waals surface area contributed by atoms with Gasteiger partial charge < -0.3 is 5.32 Å². The summed E-state index contributed by atoms with van der Waals surface area (Å²) in [6.45, 7) is 12.6. The number of amides is 1. The molecule has 17 heavy (non-hydrogen) atoms. The van der Waals surface area contributed by atoms with Gasteiger partial charge in [-0.25, -0.2) is 0 Å². The van der Waals surface area contributed by atoms with Crippen LogP contribution >= 0.6 is 0 Å². The van der Waals surface area contributed by atoms with Crippen molar-refractivity contribution in [3.8, 4) is 0 Å². The van der Waals surface area contributed by atoms with Crippen molar-refractivity contribution in [2.24, 2.45) is 17.3 Å². The van der Waals surface area contributed by atoms with Gasteiger partial charge in [0.15, 0.2) is 0 Å². The number of hydrogen-bond acceptors (Lipinski definition) is 1. The zero-order valence-electron chi connectivity index (χ0n) is 12.4. The largest absolute Gasteiger partial charge is 0.351 e. The molecule has 2 heteroatoms. The summed E-state index contributed by atoms with van der Waals surface area (Å²) < 4.78 is 0. The topological polar surface area (TPSA) is 29.1 Å². The van der Waals surface area contributed by atoms with E-state index in [1.807, 2.05) is 0 Å². The number of hydrogen-bond donors (Lipinski definition) is 1. The lowest BCUT2D eigenvalue weighted by Crippen LogP contribution is -2.51. The molecule has 0 saturated heterocycles.